The summed E-state index contributed by atoms with van der Waals surface area (Å²) in [6, 6.07) is 1.78. The maximum atomic E-state index is 13.9. The van der Waals surface area contributed by atoms with Crippen molar-refractivity contribution in [3.8, 4) is 5.75 Å². The molecule has 1 aromatic heterocycles. The van der Waals surface area contributed by atoms with Gasteiger partial charge in [-0.05, 0) is 39.0 Å². The summed E-state index contributed by atoms with van der Waals surface area (Å²) < 4.78 is 16.1. The topological polar surface area (TPSA) is 98.3 Å². The second-order valence-corrected chi connectivity index (χ2v) is 10.8. The van der Waals surface area contributed by atoms with Crippen molar-refractivity contribution in [3.05, 3.63) is 17.8 Å². The van der Waals surface area contributed by atoms with Crippen LogP contribution in [-0.4, -0.2) is 67.3 Å². The van der Waals surface area contributed by atoms with Crippen LogP contribution in [0.2, 0.25) is 0 Å². The van der Waals surface area contributed by atoms with Gasteiger partial charge in [-0.15, -0.1) is 0 Å². The summed E-state index contributed by atoms with van der Waals surface area (Å²) in [4.78, 5) is 46.8. The molecule has 2 heterocycles. The highest BCUT2D eigenvalue weighted by Crippen LogP contribution is 2.32. The van der Waals surface area contributed by atoms with Crippen LogP contribution in [0, 0.1) is 17.8 Å². The highest BCUT2D eigenvalue weighted by molar-refractivity contribution is 5.95. The fraction of sp³-hybridized carbons (Fsp3) is 0.692. The molecule has 1 aromatic rings. The van der Waals surface area contributed by atoms with Crippen LogP contribution >= 0.6 is 0 Å². The lowest BCUT2D eigenvalue weighted by Crippen LogP contribution is -2.52. The third kappa shape index (κ3) is 7.57. The molecule has 9 heteroatoms. The average molecular weight is 492 g/mol. The van der Waals surface area contributed by atoms with Crippen molar-refractivity contribution < 1.29 is 28.6 Å². The Hall–Kier alpha value is -2.84. The Balaban J connectivity index is 2.41. The Bertz CT molecular complexity index is 909. The quantitative estimate of drug-likeness (QED) is 0.526. The van der Waals surface area contributed by atoms with E-state index in [4.69, 9.17) is 14.2 Å². The lowest BCUT2D eigenvalue weighted by atomic mass is 9.88. The number of nitrogens with zero attached hydrogens (tertiary/aromatic N) is 3. The highest BCUT2D eigenvalue weighted by Gasteiger charge is 2.41. The van der Waals surface area contributed by atoms with Crippen LogP contribution in [-0.2, 0) is 19.1 Å². The molecule has 1 aliphatic heterocycles. The molecule has 0 bridgehead atoms. The van der Waals surface area contributed by atoms with Crippen LogP contribution in [0.1, 0.15) is 66.4 Å². The van der Waals surface area contributed by atoms with Crippen LogP contribution in [0.25, 0.3) is 0 Å². The normalized spacial score (nSPS) is 18.4. The Morgan fingerprint density at radius 3 is 2.26 bits per heavy atom. The van der Waals surface area contributed by atoms with Crippen LogP contribution in [0.5, 0.6) is 5.75 Å². The number of likely N-dealkylation sites (tertiary alicyclic amines) is 1. The zero-order valence-corrected chi connectivity index (χ0v) is 22.6. The second-order valence-electron chi connectivity index (χ2n) is 10.8. The third-order valence-electron chi connectivity index (χ3n) is 5.80. The van der Waals surface area contributed by atoms with Crippen molar-refractivity contribution >= 4 is 23.8 Å². The molecule has 1 aliphatic rings. The van der Waals surface area contributed by atoms with Crippen LogP contribution < -0.4 is 9.64 Å². The number of aromatic nitrogens is 1. The van der Waals surface area contributed by atoms with Gasteiger partial charge < -0.3 is 19.1 Å². The molecule has 2 rings (SSSR count). The van der Waals surface area contributed by atoms with E-state index < -0.39 is 29.5 Å². The number of hydrogen-bond donors (Lipinski definition) is 0. The molecule has 196 valence electrons. The van der Waals surface area contributed by atoms with Gasteiger partial charge in [0.15, 0.2) is 0 Å². The van der Waals surface area contributed by atoms with Crippen molar-refractivity contribution in [2.24, 2.45) is 17.8 Å². The smallest absolute Gasteiger partial charge is 0.410 e. The van der Waals surface area contributed by atoms with E-state index in [0.29, 0.717) is 18.1 Å². The molecule has 35 heavy (non-hydrogen) atoms. The van der Waals surface area contributed by atoms with Crippen molar-refractivity contribution in [2.45, 2.75) is 66.4 Å². The van der Waals surface area contributed by atoms with E-state index in [2.05, 4.69) is 18.8 Å². The number of anilines is 1. The number of carbonyl (C=O) groups excluding carboxylic acids is 3. The molecule has 0 aliphatic carbocycles. The Morgan fingerprint density at radius 1 is 1.11 bits per heavy atom. The van der Waals surface area contributed by atoms with Gasteiger partial charge in [0.1, 0.15) is 17.2 Å². The molecular formula is C26H41N3O6. The van der Waals surface area contributed by atoms with Crippen molar-refractivity contribution in [3.63, 3.8) is 0 Å². The Kier molecular flexibility index (Phi) is 9.52. The predicted molar refractivity (Wildman–Crippen MR) is 133 cm³/mol. The fourth-order valence-corrected chi connectivity index (χ4v) is 4.17. The molecule has 0 aromatic carbocycles. The molecule has 1 fully saturated rings. The van der Waals surface area contributed by atoms with E-state index >= 15 is 0 Å². The maximum absolute atomic E-state index is 13.9. The molecule has 9 nitrogen and oxygen atoms in total. The molecular weight excluding hydrogens is 450 g/mol. The van der Waals surface area contributed by atoms with Crippen LogP contribution in [0.4, 0.5) is 10.6 Å². The van der Waals surface area contributed by atoms with E-state index in [1.165, 1.54) is 12.0 Å². The third-order valence-corrected chi connectivity index (χ3v) is 5.80. The van der Waals surface area contributed by atoms with Gasteiger partial charge in [0.25, 0.3) is 0 Å². The summed E-state index contributed by atoms with van der Waals surface area (Å²) in [5, 5.41) is 0. The molecule has 0 unspecified atom stereocenters. The average Bonchev–Trinajstić information content (AvgIpc) is 2.79. The van der Waals surface area contributed by atoms with Gasteiger partial charge in [0.2, 0.25) is 5.91 Å². The zero-order chi connectivity index (χ0) is 26.5. The molecule has 1 saturated heterocycles. The fourth-order valence-electron chi connectivity index (χ4n) is 4.17. The number of methoxy groups -OCH3 is 2. The van der Waals surface area contributed by atoms with E-state index in [0.717, 1.165) is 5.56 Å². The first-order valence-corrected chi connectivity index (χ1v) is 12.2. The monoisotopic (exact) mass is 491 g/mol. The first-order valence-electron chi connectivity index (χ1n) is 12.2. The molecule has 0 saturated carbocycles. The minimum absolute atomic E-state index is 0.144. The van der Waals surface area contributed by atoms with Gasteiger partial charge in [0.05, 0.1) is 26.1 Å². The van der Waals surface area contributed by atoms with E-state index in [1.54, 1.807) is 45.0 Å². The molecule has 0 spiro atoms. The van der Waals surface area contributed by atoms with E-state index in [1.807, 2.05) is 13.8 Å². The molecule has 2 atom stereocenters. The number of esters is 1. The van der Waals surface area contributed by atoms with Crippen molar-refractivity contribution in [1.29, 1.82) is 0 Å². The summed E-state index contributed by atoms with van der Waals surface area (Å²) >= 11 is 0. The highest BCUT2D eigenvalue weighted by atomic mass is 16.6. The summed E-state index contributed by atoms with van der Waals surface area (Å²) in [5.74, 6) is -0.369. The SMILES string of the molecule is COC(=O)[C@H]1C[C@@H](C(=O)N(CC(C)C)c2cc(OC)c(C(C)C)cn2)CN(C(=O)OC(C)(C)C)C1. The predicted octanol–water partition coefficient (Wildman–Crippen LogP) is 4.25. The van der Waals surface area contributed by atoms with Gasteiger partial charge in [-0.1, -0.05) is 27.7 Å². The number of piperidine rings is 1. The second kappa shape index (κ2) is 11.7. The minimum atomic E-state index is -0.697. The molecule has 2 amide bonds. The number of hydrogen-bond acceptors (Lipinski definition) is 7. The maximum Gasteiger partial charge on any atom is 0.410 e. The van der Waals surface area contributed by atoms with Crippen molar-refractivity contribution in [1.82, 2.24) is 9.88 Å². The van der Waals surface area contributed by atoms with Crippen LogP contribution in [0.15, 0.2) is 12.3 Å². The Labute approximate surface area is 209 Å². The van der Waals surface area contributed by atoms with Gasteiger partial charge in [-0.25, -0.2) is 9.78 Å². The van der Waals surface area contributed by atoms with Gasteiger partial charge in [-0.2, -0.15) is 0 Å². The Morgan fingerprint density at radius 2 is 1.74 bits per heavy atom. The standard InChI is InChI=1S/C26H41N3O6/c1-16(2)13-29(22-11-21(33-8)20(12-27-22)17(3)4)23(30)18-10-19(24(31)34-9)15-28(14-18)25(32)35-26(5,6)7/h11-12,16-19H,10,13-15H2,1-9H3/t18-,19+/m1/s1. The minimum Gasteiger partial charge on any atom is -0.496 e. The number of ether oxygens (including phenoxy) is 3. The number of rotatable bonds is 7. The van der Waals surface area contributed by atoms with Gasteiger partial charge in [-0.3, -0.25) is 14.5 Å². The number of carbonyl (C=O) groups is 3. The van der Waals surface area contributed by atoms with Crippen LogP contribution in [0.3, 0.4) is 0 Å². The van der Waals surface area contributed by atoms with Gasteiger partial charge in [0, 0.05) is 37.5 Å². The zero-order valence-electron chi connectivity index (χ0n) is 22.6. The lowest BCUT2D eigenvalue weighted by Gasteiger charge is -2.38. The van der Waals surface area contributed by atoms with Gasteiger partial charge >= 0.3 is 12.1 Å². The summed E-state index contributed by atoms with van der Waals surface area (Å²) in [6.45, 7) is 14.2. The number of pyridine rings is 1. The largest absolute Gasteiger partial charge is 0.496 e. The molecule has 0 N–H and O–H groups in total. The van der Waals surface area contributed by atoms with Crippen molar-refractivity contribution in [2.75, 3.05) is 38.8 Å². The lowest BCUT2D eigenvalue weighted by molar-refractivity contribution is -0.148. The number of amides is 2. The van der Waals surface area contributed by atoms with E-state index in [9.17, 15) is 14.4 Å². The summed E-state index contributed by atoms with van der Waals surface area (Å²) in [7, 11) is 2.91. The first-order chi connectivity index (χ1) is 16.3. The summed E-state index contributed by atoms with van der Waals surface area (Å²) in [5.41, 5.74) is 0.254. The summed E-state index contributed by atoms with van der Waals surface area (Å²) in [6.07, 6.45) is 1.46. The first kappa shape index (κ1) is 28.4. The molecule has 0 radical (unpaired) electrons. The van der Waals surface area contributed by atoms with E-state index in [-0.39, 0.29) is 37.3 Å².